The van der Waals surface area contributed by atoms with E-state index in [0.717, 1.165) is 16.8 Å². The summed E-state index contributed by atoms with van der Waals surface area (Å²) in [6, 6.07) is 6.13. The maximum Gasteiger partial charge on any atom is 0.228 e. The van der Waals surface area contributed by atoms with E-state index in [0.29, 0.717) is 13.0 Å². The Morgan fingerprint density at radius 2 is 1.89 bits per heavy atom. The normalized spacial score (nSPS) is 19.4. The highest BCUT2D eigenvalue weighted by molar-refractivity contribution is 8.14. The zero-order valence-corrected chi connectivity index (χ0v) is 11.7. The molecule has 0 radical (unpaired) electrons. The number of carbonyl (C=O) groups is 2. The number of aryl methyl sites for hydroxylation is 2. The van der Waals surface area contributed by atoms with Crippen molar-refractivity contribution in [3.05, 3.63) is 29.3 Å². The molecule has 0 N–H and O–H groups in total. The van der Waals surface area contributed by atoms with Gasteiger partial charge >= 0.3 is 0 Å². The number of anilines is 1. The van der Waals surface area contributed by atoms with Gasteiger partial charge in [0.05, 0.1) is 0 Å². The lowest BCUT2D eigenvalue weighted by atomic mass is 10.1. The van der Waals surface area contributed by atoms with Gasteiger partial charge in [0.2, 0.25) is 5.91 Å². The van der Waals surface area contributed by atoms with Crippen LogP contribution in [0.4, 0.5) is 5.69 Å². The number of hydrogen-bond donors (Lipinski definition) is 0. The van der Waals surface area contributed by atoms with Crippen molar-refractivity contribution in [1.29, 1.82) is 0 Å². The zero-order valence-electron chi connectivity index (χ0n) is 10.9. The zero-order chi connectivity index (χ0) is 13.3. The summed E-state index contributed by atoms with van der Waals surface area (Å²) >= 11 is 1.27. The molecule has 1 heterocycles. The Kier molecular flexibility index (Phi) is 3.76. The minimum atomic E-state index is 0.0788. The Labute approximate surface area is 112 Å². The van der Waals surface area contributed by atoms with Crippen LogP contribution in [0.15, 0.2) is 18.2 Å². The summed E-state index contributed by atoms with van der Waals surface area (Å²) in [6.07, 6.45) is 0.456. The Morgan fingerprint density at radius 3 is 2.44 bits per heavy atom. The van der Waals surface area contributed by atoms with Gasteiger partial charge in [0.1, 0.15) is 0 Å². The average Bonchev–Trinajstić information content (AvgIpc) is 2.56. The third-order valence-corrected chi connectivity index (χ3v) is 3.92. The quantitative estimate of drug-likeness (QED) is 0.823. The summed E-state index contributed by atoms with van der Waals surface area (Å²) in [5.74, 6) is 0.110. The van der Waals surface area contributed by atoms with Crippen LogP contribution in [0.3, 0.4) is 0 Å². The molecule has 1 fully saturated rings. The third-order valence-electron chi connectivity index (χ3n) is 2.94. The number of rotatable bonds is 2. The molecule has 1 saturated heterocycles. The van der Waals surface area contributed by atoms with Crippen LogP contribution in [-0.2, 0) is 9.59 Å². The van der Waals surface area contributed by atoms with E-state index in [9.17, 15) is 9.59 Å². The fraction of sp³-hybridized carbons (Fsp3) is 0.429. The number of benzene rings is 1. The van der Waals surface area contributed by atoms with Crippen LogP contribution < -0.4 is 4.90 Å². The molecule has 1 aromatic rings. The lowest BCUT2D eigenvalue weighted by Gasteiger charge is -2.17. The van der Waals surface area contributed by atoms with E-state index in [2.05, 4.69) is 6.07 Å². The minimum absolute atomic E-state index is 0.0788. The highest BCUT2D eigenvalue weighted by Gasteiger charge is 2.31. The maximum absolute atomic E-state index is 12.0. The van der Waals surface area contributed by atoms with Crippen molar-refractivity contribution in [1.82, 2.24) is 0 Å². The van der Waals surface area contributed by atoms with Crippen LogP contribution >= 0.6 is 11.8 Å². The summed E-state index contributed by atoms with van der Waals surface area (Å²) in [4.78, 5) is 24.9. The lowest BCUT2D eigenvalue weighted by Crippen LogP contribution is -2.25. The van der Waals surface area contributed by atoms with E-state index in [1.165, 1.54) is 11.8 Å². The molecule has 3 nitrogen and oxygen atoms in total. The van der Waals surface area contributed by atoms with E-state index in [1.54, 1.807) is 11.8 Å². The molecule has 0 saturated carbocycles. The van der Waals surface area contributed by atoms with Gasteiger partial charge in [-0.3, -0.25) is 9.59 Å². The summed E-state index contributed by atoms with van der Waals surface area (Å²) in [5.41, 5.74) is 3.25. The molecule has 1 aliphatic heterocycles. The first kappa shape index (κ1) is 13.1. The van der Waals surface area contributed by atoms with Crippen LogP contribution in [0.25, 0.3) is 0 Å². The fourth-order valence-electron chi connectivity index (χ4n) is 2.34. The molecule has 18 heavy (non-hydrogen) atoms. The summed E-state index contributed by atoms with van der Waals surface area (Å²) in [5, 5.41) is 0.172. The van der Waals surface area contributed by atoms with Gasteiger partial charge in [-0.1, -0.05) is 17.8 Å². The number of carbonyl (C=O) groups excluding carboxylic acids is 2. The summed E-state index contributed by atoms with van der Waals surface area (Å²) in [6.45, 7) is 6.23. The minimum Gasteiger partial charge on any atom is -0.311 e. The van der Waals surface area contributed by atoms with E-state index < -0.39 is 0 Å². The van der Waals surface area contributed by atoms with E-state index in [1.807, 2.05) is 26.0 Å². The standard InChI is InChI=1S/C14H17NO2S/c1-9-4-10(2)6-12(5-9)15-8-13(7-14(15)17)18-11(3)16/h4-6,13H,7-8H2,1-3H3. The molecule has 0 aromatic heterocycles. The second-order valence-electron chi connectivity index (χ2n) is 4.79. The third kappa shape index (κ3) is 2.93. The molecule has 1 amide bonds. The molecule has 1 aromatic carbocycles. The number of hydrogen-bond acceptors (Lipinski definition) is 3. The summed E-state index contributed by atoms with van der Waals surface area (Å²) in [7, 11) is 0. The second-order valence-corrected chi connectivity index (χ2v) is 6.26. The first-order valence-electron chi connectivity index (χ1n) is 6.01. The summed E-state index contributed by atoms with van der Waals surface area (Å²) < 4.78 is 0. The van der Waals surface area contributed by atoms with E-state index in [4.69, 9.17) is 0 Å². The Bertz CT molecular complexity index is 478. The molecular weight excluding hydrogens is 246 g/mol. The SMILES string of the molecule is CC(=O)SC1CC(=O)N(c2cc(C)cc(C)c2)C1. The molecule has 96 valence electrons. The molecular formula is C14H17NO2S. The van der Waals surface area contributed by atoms with Gasteiger partial charge in [-0.15, -0.1) is 0 Å². The highest BCUT2D eigenvalue weighted by Crippen LogP contribution is 2.29. The fourth-order valence-corrected chi connectivity index (χ4v) is 3.26. The van der Waals surface area contributed by atoms with Crippen LogP contribution in [0.2, 0.25) is 0 Å². The van der Waals surface area contributed by atoms with Crippen LogP contribution in [0, 0.1) is 13.8 Å². The first-order valence-corrected chi connectivity index (χ1v) is 6.89. The second kappa shape index (κ2) is 5.14. The van der Waals surface area contributed by atoms with Gasteiger partial charge in [-0.05, 0) is 37.1 Å². The van der Waals surface area contributed by atoms with Crippen molar-refractivity contribution in [3.8, 4) is 0 Å². The first-order chi connectivity index (χ1) is 8.45. The number of thioether (sulfide) groups is 1. The highest BCUT2D eigenvalue weighted by atomic mass is 32.2. The van der Waals surface area contributed by atoms with Gasteiger partial charge < -0.3 is 4.90 Å². The topological polar surface area (TPSA) is 37.4 Å². The van der Waals surface area contributed by atoms with Crippen molar-refractivity contribution in [2.75, 3.05) is 11.4 Å². The molecule has 0 aliphatic carbocycles. The molecule has 2 rings (SSSR count). The monoisotopic (exact) mass is 263 g/mol. The largest absolute Gasteiger partial charge is 0.311 e. The van der Waals surface area contributed by atoms with Crippen LogP contribution in [0.5, 0.6) is 0 Å². The van der Waals surface area contributed by atoms with Crippen LogP contribution in [0.1, 0.15) is 24.5 Å². The van der Waals surface area contributed by atoms with Crippen molar-refractivity contribution < 1.29 is 9.59 Å². The molecule has 1 unspecified atom stereocenters. The average molecular weight is 263 g/mol. The Hall–Kier alpha value is -1.29. The van der Waals surface area contributed by atoms with Crippen molar-refractivity contribution in [3.63, 3.8) is 0 Å². The van der Waals surface area contributed by atoms with Crippen LogP contribution in [-0.4, -0.2) is 22.8 Å². The predicted molar refractivity (Wildman–Crippen MR) is 74.9 cm³/mol. The van der Waals surface area contributed by atoms with Gasteiger partial charge in [0.25, 0.3) is 0 Å². The smallest absolute Gasteiger partial charge is 0.228 e. The Balaban J connectivity index is 2.18. The number of amides is 1. The van der Waals surface area contributed by atoms with Gasteiger partial charge in [-0.25, -0.2) is 0 Å². The molecule has 4 heteroatoms. The van der Waals surface area contributed by atoms with Gasteiger partial charge in [-0.2, -0.15) is 0 Å². The molecule has 0 bridgehead atoms. The van der Waals surface area contributed by atoms with Gasteiger partial charge in [0, 0.05) is 30.8 Å². The maximum atomic E-state index is 12.0. The molecule has 1 atom stereocenters. The lowest BCUT2D eigenvalue weighted by molar-refractivity contribution is -0.117. The van der Waals surface area contributed by atoms with Gasteiger partial charge in [0.15, 0.2) is 5.12 Å². The Morgan fingerprint density at radius 1 is 1.28 bits per heavy atom. The van der Waals surface area contributed by atoms with Crippen molar-refractivity contribution in [2.24, 2.45) is 0 Å². The molecule has 1 aliphatic rings. The number of nitrogens with zero attached hydrogens (tertiary/aromatic N) is 1. The predicted octanol–water partition coefficient (Wildman–Crippen LogP) is 2.69. The van der Waals surface area contributed by atoms with E-state index >= 15 is 0 Å². The van der Waals surface area contributed by atoms with Crippen molar-refractivity contribution >= 4 is 28.5 Å². The molecule has 0 spiro atoms. The van der Waals surface area contributed by atoms with Crippen molar-refractivity contribution in [2.45, 2.75) is 32.4 Å². The van der Waals surface area contributed by atoms with E-state index in [-0.39, 0.29) is 16.3 Å².